The van der Waals surface area contributed by atoms with E-state index in [-0.39, 0.29) is 11.9 Å². The van der Waals surface area contributed by atoms with Crippen LogP contribution in [0.4, 0.5) is 0 Å². The Kier molecular flexibility index (Phi) is 3.96. The number of hydrogen-bond acceptors (Lipinski definition) is 2. The van der Waals surface area contributed by atoms with Crippen LogP contribution in [0.5, 0.6) is 5.75 Å². The summed E-state index contributed by atoms with van der Waals surface area (Å²) in [6.07, 6.45) is 4.84. The van der Waals surface area contributed by atoms with E-state index in [4.69, 9.17) is 4.74 Å². The molecule has 0 amide bonds. The first kappa shape index (κ1) is 14.1. The van der Waals surface area contributed by atoms with E-state index in [1.165, 1.54) is 12.8 Å². The molecule has 1 aliphatic rings. The molecule has 0 atom stereocenters. The summed E-state index contributed by atoms with van der Waals surface area (Å²) in [5.41, 5.74) is 0.701. The molecule has 0 unspecified atom stereocenters. The lowest BCUT2D eigenvalue weighted by Crippen LogP contribution is -2.23. The third-order valence-electron chi connectivity index (χ3n) is 4.51. The van der Waals surface area contributed by atoms with Crippen molar-refractivity contribution in [1.29, 1.82) is 0 Å². The van der Waals surface area contributed by atoms with Gasteiger partial charge in [-0.2, -0.15) is 0 Å². The van der Waals surface area contributed by atoms with Gasteiger partial charge in [0.05, 0.1) is 11.7 Å². The van der Waals surface area contributed by atoms with Gasteiger partial charge in [-0.05, 0) is 50.0 Å². The number of carbonyl (C=O) groups is 1. The second kappa shape index (κ2) is 5.88. The van der Waals surface area contributed by atoms with Crippen LogP contribution in [0.15, 0.2) is 36.4 Å². The first-order chi connectivity index (χ1) is 10.1. The van der Waals surface area contributed by atoms with Crippen LogP contribution < -0.4 is 4.74 Å². The average Bonchev–Trinajstić information content (AvgIpc) is 2.49. The van der Waals surface area contributed by atoms with Crippen LogP contribution in [0.25, 0.3) is 10.8 Å². The van der Waals surface area contributed by atoms with Crippen molar-refractivity contribution in [3.05, 3.63) is 42.0 Å². The predicted octanol–water partition coefficient (Wildman–Crippen LogP) is 5.00. The second-order valence-electron chi connectivity index (χ2n) is 6.22. The molecule has 0 spiro atoms. The number of ether oxygens (including phenoxy) is 1. The fourth-order valence-electron chi connectivity index (χ4n) is 3.16. The Morgan fingerprint density at radius 2 is 1.76 bits per heavy atom. The Morgan fingerprint density at radius 1 is 1.05 bits per heavy atom. The van der Waals surface area contributed by atoms with Gasteiger partial charge in [0, 0.05) is 5.39 Å². The smallest absolute Gasteiger partial charge is 0.163 e. The SMILES string of the molecule is CC(=O)c1ccc2ccccc2c1OC1CCC(C)CC1. The molecule has 2 nitrogen and oxygen atoms in total. The zero-order valence-electron chi connectivity index (χ0n) is 12.8. The van der Waals surface area contributed by atoms with Crippen LogP contribution in [0, 0.1) is 5.92 Å². The van der Waals surface area contributed by atoms with E-state index in [1.807, 2.05) is 30.3 Å². The van der Waals surface area contributed by atoms with Crippen molar-refractivity contribution < 1.29 is 9.53 Å². The lowest BCUT2D eigenvalue weighted by Gasteiger charge is -2.28. The highest BCUT2D eigenvalue weighted by Crippen LogP contribution is 2.34. The van der Waals surface area contributed by atoms with E-state index in [9.17, 15) is 4.79 Å². The topological polar surface area (TPSA) is 26.3 Å². The molecule has 3 rings (SSSR count). The van der Waals surface area contributed by atoms with Gasteiger partial charge in [-0.1, -0.05) is 37.3 Å². The molecule has 2 aromatic carbocycles. The van der Waals surface area contributed by atoms with E-state index in [0.29, 0.717) is 5.56 Å². The van der Waals surface area contributed by atoms with Gasteiger partial charge in [0.25, 0.3) is 0 Å². The molecule has 0 heterocycles. The molecule has 0 aliphatic heterocycles. The summed E-state index contributed by atoms with van der Waals surface area (Å²) in [6.45, 7) is 3.91. The number of ketones is 1. The maximum atomic E-state index is 11.9. The summed E-state index contributed by atoms with van der Waals surface area (Å²) in [5, 5.41) is 2.17. The highest BCUT2D eigenvalue weighted by molar-refractivity contribution is 6.03. The normalized spacial score (nSPS) is 22.2. The van der Waals surface area contributed by atoms with Crippen LogP contribution in [0.2, 0.25) is 0 Å². The van der Waals surface area contributed by atoms with E-state index < -0.39 is 0 Å². The summed E-state index contributed by atoms with van der Waals surface area (Å²) < 4.78 is 6.29. The Balaban J connectivity index is 1.98. The molecule has 1 aliphatic carbocycles. The van der Waals surface area contributed by atoms with Crippen LogP contribution in [0.3, 0.4) is 0 Å². The third-order valence-corrected chi connectivity index (χ3v) is 4.51. The third kappa shape index (κ3) is 2.94. The fraction of sp³-hybridized carbons (Fsp3) is 0.421. The number of carbonyl (C=O) groups excluding carboxylic acids is 1. The molecule has 1 fully saturated rings. The van der Waals surface area contributed by atoms with Crippen LogP contribution in [-0.2, 0) is 0 Å². The first-order valence-corrected chi connectivity index (χ1v) is 7.84. The zero-order chi connectivity index (χ0) is 14.8. The summed E-state index contributed by atoms with van der Waals surface area (Å²) >= 11 is 0. The quantitative estimate of drug-likeness (QED) is 0.740. The summed E-state index contributed by atoms with van der Waals surface area (Å²) in [4.78, 5) is 11.9. The minimum absolute atomic E-state index is 0.0694. The minimum atomic E-state index is 0.0694. The minimum Gasteiger partial charge on any atom is -0.489 e. The van der Waals surface area contributed by atoms with Crippen LogP contribution >= 0.6 is 0 Å². The van der Waals surface area contributed by atoms with Gasteiger partial charge in [-0.25, -0.2) is 0 Å². The lowest BCUT2D eigenvalue weighted by molar-refractivity contribution is 0.0997. The monoisotopic (exact) mass is 282 g/mol. The molecule has 2 heteroatoms. The summed E-state index contributed by atoms with van der Waals surface area (Å²) in [5.74, 6) is 1.64. The zero-order valence-corrected chi connectivity index (χ0v) is 12.8. The number of fused-ring (bicyclic) bond motifs is 1. The number of benzene rings is 2. The highest BCUT2D eigenvalue weighted by atomic mass is 16.5. The molecule has 0 bridgehead atoms. The molecule has 21 heavy (non-hydrogen) atoms. The van der Waals surface area contributed by atoms with Gasteiger partial charge < -0.3 is 4.74 Å². The molecule has 2 aromatic rings. The molecule has 0 N–H and O–H groups in total. The van der Waals surface area contributed by atoms with Gasteiger partial charge >= 0.3 is 0 Å². The molecule has 0 saturated heterocycles. The van der Waals surface area contributed by atoms with E-state index >= 15 is 0 Å². The molecule has 110 valence electrons. The number of hydrogen-bond donors (Lipinski definition) is 0. The first-order valence-electron chi connectivity index (χ1n) is 7.84. The number of rotatable bonds is 3. The lowest BCUT2D eigenvalue weighted by atomic mass is 9.89. The highest BCUT2D eigenvalue weighted by Gasteiger charge is 2.22. The van der Waals surface area contributed by atoms with Crippen molar-refractivity contribution in [2.24, 2.45) is 5.92 Å². The molecule has 0 aromatic heterocycles. The van der Waals surface area contributed by atoms with E-state index in [2.05, 4.69) is 13.0 Å². The standard InChI is InChI=1S/C19H22O2/c1-13-7-10-16(11-8-13)21-19-17(14(2)20)12-9-15-5-3-4-6-18(15)19/h3-6,9,12-13,16H,7-8,10-11H2,1-2H3. The maximum Gasteiger partial charge on any atom is 0.163 e. The van der Waals surface area contributed by atoms with Crippen molar-refractivity contribution in [3.63, 3.8) is 0 Å². The Bertz CT molecular complexity index is 652. The van der Waals surface area contributed by atoms with Crippen molar-refractivity contribution in [1.82, 2.24) is 0 Å². The number of Topliss-reactive ketones (excluding diaryl/α,β-unsaturated/α-hetero) is 1. The Hall–Kier alpha value is -1.83. The maximum absolute atomic E-state index is 11.9. The van der Waals surface area contributed by atoms with Gasteiger partial charge in [-0.15, -0.1) is 0 Å². The molecule has 0 radical (unpaired) electrons. The summed E-state index contributed by atoms with van der Waals surface area (Å²) in [7, 11) is 0. The van der Waals surface area contributed by atoms with Crippen LogP contribution in [0.1, 0.15) is 49.9 Å². The van der Waals surface area contributed by atoms with Crippen molar-refractivity contribution in [3.8, 4) is 5.75 Å². The largest absolute Gasteiger partial charge is 0.489 e. The Labute approximate surface area is 126 Å². The van der Waals surface area contributed by atoms with Crippen LogP contribution in [-0.4, -0.2) is 11.9 Å². The van der Waals surface area contributed by atoms with Gasteiger partial charge in [0.15, 0.2) is 5.78 Å². The molecule has 1 saturated carbocycles. The van der Waals surface area contributed by atoms with E-state index in [1.54, 1.807) is 6.92 Å². The molecular formula is C19H22O2. The van der Waals surface area contributed by atoms with Crippen molar-refractivity contribution in [2.45, 2.75) is 45.6 Å². The van der Waals surface area contributed by atoms with Crippen molar-refractivity contribution in [2.75, 3.05) is 0 Å². The van der Waals surface area contributed by atoms with Gasteiger partial charge in [-0.3, -0.25) is 4.79 Å². The second-order valence-corrected chi connectivity index (χ2v) is 6.22. The van der Waals surface area contributed by atoms with Gasteiger partial charge in [0.2, 0.25) is 0 Å². The summed E-state index contributed by atoms with van der Waals surface area (Å²) in [6, 6.07) is 12.0. The Morgan fingerprint density at radius 3 is 2.48 bits per heavy atom. The van der Waals surface area contributed by atoms with Crippen molar-refractivity contribution >= 4 is 16.6 Å². The fourth-order valence-corrected chi connectivity index (χ4v) is 3.16. The molecular weight excluding hydrogens is 260 g/mol. The predicted molar refractivity (Wildman–Crippen MR) is 86.0 cm³/mol. The van der Waals surface area contributed by atoms with E-state index in [0.717, 1.165) is 35.3 Å². The van der Waals surface area contributed by atoms with Gasteiger partial charge in [0.1, 0.15) is 5.75 Å². The average molecular weight is 282 g/mol.